The average molecular weight is 180 g/mol. The summed E-state index contributed by atoms with van der Waals surface area (Å²) >= 11 is 0. The van der Waals surface area contributed by atoms with Crippen molar-refractivity contribution >= 4 is 5.78 Å². The summed E-state index contributed by atoms with van der Waals surface area (Å²) in [6.45, 7) is 9.94. The molecule has 0 amide bonds. The lowest BCUT2D eigenvalue weighted by atomic mass is 9.62. The normalized spacial score (nSPS) is 33.0. The SMILES string of the molecule is C=CC[C@@]1(C)CCCC(C)(C)C1=O. The Labute approximate surface area is 81.2 Å². The molecule has 0 radical (unpaired) electrons. The van der Waals surface area contributed by atoms with Crippen LogP contribution in [0.1, 0.15) is 46.5 Å². The molecule has 0 aromatic rings. The van der Waals surface area contributed by atoms with E-state index in [1.807, 2.05) is 6.08 Å². The first kappa shape index (κ1) is 10.5. The van der Waals surface area contributed by atoms with Crippen LogP contribution in [-0.4, -0.2) is 5.78 Å². The van der Waals surface area contributed by atoms with Gasteiger partial charge in [0.2, 0.25) is 0 Å². The molecular weight excluding hydrogens is 160 g/mol. The highest BCUT2D eigenvalue weighted by Crippen LogP contribution is 2.44. The molecule has 0 aromatic heterocycles. The Balaban J connectivity index is 2.87. The Morgan fingerprint density at radius 2 is 2.00 bits per heavy atom. The van der Waals surface area contributed by atoms with Gasteiger partial charge in [-0.2, -0.15) is 0 Å². The minimum absolute atomic E-state index is 0.115. The summed E-state index contributed by atoms with van der Waals surface area (Å²) in [6, 6.07) is 0. The summed E-state index contributed by atoms with van der Waals surface area (Å²) in [6.07, 6.45) is 5.94. The molecular formula is C12H20O. The van der Waals surface area contributed by atoms with E-state index in [0.29, 0.717) is 5.78 Å². The number of carbonyl (C=O) groups excluding carboxylic acids is 1. The topological polar surface area (TPSA) is 17.1 Å². The van der Waals surface area contributed by atoms with Crippen LogP contribution in [0, 0.1) is 10.8 Å². The highest BCUT2D eigenvalue weighted by atomic mass is 16.1. The second-order valence-corrected chi connectivity index (χ2v) is 5.12. The predicted molar refractivity (Wildman–Crippen MR) is 55.6 cm³/mol. The van der Waals surface area contributed by atoms with Crippen LogP contribution >= 0.6 is 0 Å². The van der Waals surface area contributed by atoms with Crippen molar-refractivity contribution in [2.24, 2.45) is 10.8 Å². The molecule has 0 aliphatic heterocycles. The van der Waals surface area contributed by atoms with Crippen molar-refractivity contribution in [3.8, 4) is 0 Å². The first-order valence-corrected chi connectivity index (χ1v) is 5.08. The van der Waals surface area contributed by atoms with Gasteiger partial charge in [-0.3, -0.25) is 4.79 Å². The van der Waals surface area contributed by atoms with Crippen molar-refractivity contribution in [3.05, 3.63) is 12.7 Å². The molecule has 1 saturated carbocycles. The van der Waals surface area contributed by atoms with E-state index in [2.05, 4.69) is 27.4 Å². The second-order valence-electron chi connectivity index (χ2n) is 5.12. The Kier molecular flexibility index (Phi) is 2.65. The zero-order chi connectivity index (χ0) is 10.1. The standard InChI is InChI=1S/C12H20O/c1-5-7-12(4)9-6-8-11(2,3)10(12)13/h5H,1,6-9H2,2-4H3/t12-/m0/s1. The van der Waals surface area contributed by atoms with Crippen LogP contribution in [0.4, 0.5) is 0 Å². The molecule has 0 bridgehead atoms. The zero-order valence-electron chi connectivity index (χ0n) is 9.02. The van der Waals surface area contributed by atoms with E-state index in [1.54, 1.807) is 0 Å². The average Bonchev–Trinajstić information content (AvgIpc) is 2.01. The molecule has 1 atom stereocenters. The van der Waals surface area contributed by atoms with Crippen molar-refractivity contribution in [1.29, 1.82) is 0 Å². The molecule has 1 rings (SSSR count). The summed E-state index contributed by atoms with van der Waals surface area (Å²) in [5, 5.41) is 0. The van der Waals surface area contributed by atoms with Gasteiger partial charge in [0, 0.05) is 10.8 Å². The second kappa shape index (κ2) is 3.28. The molecule has 74 valence electrons. The third kappa shape index (κ3) is 1.84. The van der Waals surface area contributed by atoms with E-state index in [0.717, 1.165) is 19.3 Å². The molecule has 1 aliphatic carbocycles. The number of ketones is 1. The minimum atomic E-state index is -0.135. The highest BCUT2D eigenvalue weighted by Gasteiger charge is 2.44. The quantitative estimate of drug-likeness (QED) is 0.596. The third-order valence-electron chi connectivity index (χ3n) is 3.29. The summed E-state index contributed by atoms with van der Waals surface area (Å²) in [5.41, 5.74) is -0.250. The molecule has 1 heteroatoms. The van der Waals surface area contributed by atoms with Crippen LogP contribution in [-0.2, 0) is 4.79 Å². The fourth-order valence-corrected chi connectivity index (χ4v) is 2.48. The maximum Gasteiger partial charge on any atom is 0.144 e. The highest BCUT2D eigenvalue weighted by molar-refractivity contribution is 5.90. The lowest BCUT2D eigenvalue weighted by Gasteiger charge is -2.40. The summed E-state index contributed by atoms with van der Waals surface area (Å²) in [4.78, 5) is 12.1. The van der Waals surface area contributed by atoms with Crippen molar-refractivity contribution < 1.29 is 4.79 Å². The van der Waals surface area contributed by atoms with Gasteiger partial charge in [0.25, 0.3) is 0 Å². The van der Waals surface area contributed by atoms with Crippen LogP contribution in [0.15, 0.2) is 12.7 Å². The first-order valence-electron chi connectivity index (χ1n) is 5.08. The number of Topliss-reactive ketones (excluding diaryl/α,β-unsaturated/α-hetero) is 1. The Morgan fingerprint density at radius 3 is 2.54 bits per heavy atom. The van der Waals surface area contributed by atoms with Gasteiger partial charge in [-0.25, -0.2) is 0 Å². The number of allylic oxidation sites excluding steroid dienone is 1. The van der Waals surface area contributed by atoms with Gasteiger partial charge in [-0.1, -0.05) is 33.3 Å². The number of carbonyl (C=O) groups is 1. The lowest BCUT2D eigenvalue weighted by Crippen LogP contribution is -2.42. The number of hydrogen-bond acceptors (Lipinski definition) is 1. The van der Waals surface area contributed by atoms with Gasteiger partial charge in [0.1, 0.15) is 5.78 Å². The number of rotatable bonds is 2. The van der Waals surface area contributed by atoms with Gasteiger partial charge in [0.05, 0.1) is 0 Å². The van der Waals surface area contributed by atoms with E-state index in [9.17, 15) is 4.79 Å². The minimum Gasteiger partial charge on any atom is -0.298 e. The molecule has 1 fully saturated rings. The molecule has 0 saturated heterocycles. The van der Waals surface area contributed by atoms with Gasteiger partial charge in [-0.05, 0) is 19.3 Å². The smallest absolute Gasteiger partial charge is 0.144 e. The van der Waals surface area contributed by atoms with Gasteiger partial charge >= 0.3 is 0 Å². The van der Waals surface area contributed by atoms with Crippen molar-refractivity contribution in [2.75, 3.05) is 0 Å². The van der Waals surface area contributed by atoms with Crippen LogP contribution < -0.4 is 0 Å². The number of hydrogen-bond donors (Lipinski definition) is 0. The molecule has 13 heavy (non-hydrogen) atoms. The van der Waals surface area contributed by atoms with Crippen molar-refractivity contribution in [1.82, 2.24) is 0 Å². The van der Waals surface area contributed by atoms with E-state index in [-0.39, 0.29) is 10.8 Å². The Hall–Kier alpha value is -0.590. The summed E-state index contributed by atoms with van der Waals surface area (Å²) in [5.74, 6) is 0.422. The Morgan fingerprint density at radius 1 is 1.38 bits per heavy atom. The van der Waals surface area contributed by atoms with Gasteiger partial charge < -0.3 is 0 Å². The lowest BCUT2D eigenvalue weighted by molar-refractivity contribution is -0.140. The van der Waals surface area contributed by atoms with E-state index < -0.39 is 0 Å². The van der Waals surface area contributed by atoms with Crippen LogP contribution in [0.5, 0.6) is 0 Å². The predicted octanol–water partition coefficient (Wildman–Crippen LogP) is 3.35. The van der Waals surface area contributed by atoms with Crippen LogP contribution in [0.3, 0.4) is 0 Å². The van der Waals surface area contributed by atoms with E-state index >= 15 is 0 Å². The van der Waals surface area contributed by atoms with Crippen LogP contribution in [0.25, 0.3) is 0 Å². The summed E-state index contributed by atoms with van der Waals surface area (Å²) in [7, 11) is 0. The van der Waals surface area contributed by atoms with Crippen LogP contribution in [0.2, 0.25) is 0 Å². The maximum atomic E-state index is 12.1. The van der Waals surface area contributed by atoms with E-state index in [1.165, 1.54) is 6.42 Å². The Bertz CT molecular complexity index is 227. The molecule has 0 N–H and O–H groups in total. The molecule has 0 unspecified atom stereocenters. The first-order chi connectivity index (χ1) is 5.92. The van der Waals surface area contributed by atoms with E-state index in [4.69, 9.17) is 0 Å². The monoisotopic (exact) mass is 180 g/mol. The molecule has 1 nitrogen and oxygen atoms in total. The van der Waals surface area contributed by atoms with Gasteiger partial charge in [-0.15, -0.1) is 6.58 Å². The fourth-order valence-electron chi connectivity index (χ4n) is 2.48. The third-order valence-corrected chi connectivity index (χ3v) is 3.29. The molecule has 0 aromatic carbocycles. The molecule has 0 heterocycles. The molecule has 0 spiro atoms. The zero-order valence-corrected chi connectivity index (χ0v) is 9.02. The largest absolute Gasteiger partial charge is 0.298 e. The molecule has 1 aliphatic rings. The van der Waals surface area contributed by atoms with Crippen molar-refractivity contribution in [3.63, 3.8) is 0 Å². The summed E-state index contributed by atoms with van der Waals surface area (Å²) < 4.78 is 0. The van der Waals surface area contributed by atoms with Crippen molar-refractivity contribution in [2.45, 2.75) is 46.5 Å². The van der Waals surface area contributed by atoms with Gasteiger partial charge in [0.15, 0.2) is 0 Å². The fraction of sp³-hybridized carbons (Fsp3) is 0.750. The maximum absolute atomic E-state index is 12.1.